The zero-order valence-corrected chi connectivity index (χ0v) is 12.0. The summed E-state index contributed by atoms with van der Waals surface area (Å²) >= 11 is 1.61. The molecule has 2 aromatic heterocycles. The predicted molar refractivity (Wildman–Crippen MR) is 77.1 cm³/mol. The van der Waals surface area contributed by atoms with Crippen molar-refractivity contribution in [3.63, 3.8) is 0 Å². The summed E-state index contributed by atoms with van der Waals surface area (Å²) in [6, 6.07) is 7.23. The van der Waals surface area contributed by atoms with Gasteiger partial charge in [0.2, 0.25) is 5.88 Å². The maximum Gasteiger partial charge on any atom is 0.251 e. The van der Waals surface area contributed by atoms with Crippen molar-refractivity contribution in [3.8, 4) is 5.88 Å². The minimum Gasteiger partial charge on any atom is -0.475 e. The molecule has 1 amide bonds. The van der Waals surface area contributed by atoms with E-state index in [9.17, 15) is 4.79 Å². The Morgan fingerprint density at radius 3 is 3.05 bits per heavy atom. The molecule has 2 rings (SSSR count). The number of rotatable bonds is 7. The average molecular weight is 292 g/mol. The summed E-state index contributed by atoms with van der Waals surface area (Å²) in [4.78, 5) is 17.2. The molecule has 0 aliphatic carbocycles. The van der Waals surface area contributed by atoms with Crippen LogP contribution in [0.15, 0.2) is 35.8 Å². The number of carbonyl (C=O) groups is 1. The summed E-state index contributed by atoms with van der Waals surface area (Å²) in [6.45, 7) is 1.42. The van der Waals surface area contributed by atoms with Gasteiger partial charge in [0.1, 0.15) is 6.61 Å². The minimum absolute atomic E-state index is 0.141. The van der Waals surface area contributed by atoms with Crippen LogP contribution in [0.4, 0.5) is 0 Å². The molecule has 2 heterocycles. The van der Waals surface area contributed by atoms with Gasteiger partial charge in [0.05, 0.1) is 13.2 Å². The lowest BCUT2D eigenvalue weighted by Gasteiger charge is -2.07. The van der Waals surface area contributed by atoms with Gasteiger partial charge in [-0.3, -0.25) is 4.79 Å². The predicted octanol–water partition coefficient (Wildman–Crippen LogP) is 2.10. The third kappa shape index (κ3) is 4.32. The number of nitrogens with zero attached hydrogens (tertiary/aromatic N) is 1. The molecular formula is C14H16N2O3S. The third-order valence-electron chi connectivity index (χ3n) is 2.54. The van der Waals surface area contributed by atoms with E-state index < -0.39 is 0 Å². The first-order chi connectivity index (χ1) is 9.79. The van der Waals surface area contributed by atoms with Crippen molar-refractivity contribution in [3.05, 3.63) is 46.3 Å². The third-order valence-corrected chi connectivity index (χ3v) is 3.41. The molecule has 20 heavy (non-hydrogen) atoms. The number of methoxy groups -OCH3 is 1. The highest BCUT2D eigenvalue weighted by Crippen LogP contribution is 2.11. The molecule has 0 spiro atoms. The van der Waals surface area contributed by atoms with E-state index in [0.29, 0.717) is 31.2 Å². The molecule has 0 saturated heterocycles. The molecule has 0 saturated carbocycles. The lowest BCUT2D eigenvalue weighted by molar-refractivity contribution is 0.0950. The SMILES string of the molecule is COCCOc1cc(C(=O)NCc2cccs2)ccn1. The number of ether oxygens (including phenoxy) is 2. The molecule has 106 valence electrons. The maximum atomic E-state index is 12.0. The van der Waals surface area contributed by atoms with Gasteiger partial charge < -0.3 is 14.8 Å². The van der Waals surface area contributed by atoms with Crippen LogP contribution in [-0.4, -0.2) is 31.2 Å². The lowest BCUT2D eigenvalue weighted by atomic mass is 10.2. The van der Waals surface area contributed by atoms with Crippen molar-refractivity contribution >= 4 is 17.2 Å². The van der Waals surface area contributed by atoms with E-state index in [4.69, 9.17) is 9.47 Å². The first-order valence-electron chi connectivity index (χ1n) is 6.18. The Morgan fingerprint density at radius 1 is 1.40 bits per heavy atom. The minimum atomic E-state index is -0.141. The Balaban J connectivity index is 1.90. The average Bonchev–Trinajstić information content (AvgIpc) is 2.99. The lowest BCUT2D eigenvalue weighted by Crippen LogP contribution is -2.22. The molecule has 0 aliphatic rings. The van der Waals surface area contributed by atoms with Gasteiger partial charge in [-0.15, -0.1) is 11.3 Å². The summed E-state index contributed by atoms with van der Waals surface area (Å²) < 4.78 is 10.3. The summed E-state index contributed by atoms with van der Waals surface area (Å²) in [5, 5.41) is 4.84. The summed E-state index contributed by atoms with van der Waals surface area (Å²) in [6.07, 6.45) is 1.56. The van der Waals surface area contributed by atoms with Gasteiger partial charge in [-0.2, -0.15) is 0 Å². The van der Waals surface area contributed by atoms with E-state index in [2.05, 4.69) is 10.3 Å². The molecule has 0 radical (unpaired) electrons. The second-order valence-corrected chi connectivity index (χ2v) is 5.02. The van der Waals surface area contributed by atoms with E-state index in [-0.39, 0.29) is 5.91 Å². The normalized spacial score (nSPS) is 10.2. The molecule has 5 nitrogen and oxygen atoms in total. The zero-order chi connectivity index (χ0) is 14.2. The van der Waals surface area contributed by atoms with E-state index in [0.717, 1.165) is 4.88 Å². The van der Waals surface area contributed by atoms with E-state index in [1.165, 1.54) is 0 Å². The van der Waals surface area contributed by atoms with Crippen LogP contribution in [0.25, 0.3) is 0 Å². The van der Waals surface area contributed by atoms with Crippen molar-refractivity contribution in [2.24, 2.45) is 0 Å². The number of carbonyl (C=O) groups excluding carboxylic acids is 1. The fourth-order valence-electron chi connectivity index (χ4n) is 1.54. The first-order valence-corrected chi connectivity index (χ1v) is 7.06. The number of pyridine rings is 1. The number of hydrogen-bond acceptors (Lipinski definition) is 5. The Bertz CT molecular complexity index is 543. The van der Waals surface area contributed by atoms with Crippen molar-refractivity contribution < 1.29 is 14.3 Å². The van der Waals surface area contributed by atoms with E-state index in [1.807, 2.05) is 17.5 Å². The molecule has 0 bridgehead atoms. The Kier molecular flexibility index (Phi) is 5.52. The van der Waals surface area contributed by atoms with Crippen molar-refractivity contribution in [1.29, 1.82) is 0 Å². The standard InChI is InChI=1S/C14H16N2O3S/c1-18-6-7-19-13-9-11(4-5-15-13)14(17)16-10-12-3-2-8-20-12/h2-5,8-9H,6-7,10H2,1H3,(H,16,17). The molecule has 2 aromatic rings. The van der Waals surface area contributed by atoms with Crippen LogP contribution >= 0.6 is 11.3 Å². The number of aromatic nitrogens is 1. The van der Waals surface area contributed by atoms with Crippen LogP contribution < -0.4 is 10.1 Å². The van der Waals surface area contributed by atoms with Crippen molar-refractivity contribution in [2.75, 3.05) is 20.3 Å². The Hall–Kier alpha value is -1.92. The van der Waals surface area contributed by atoms with Crippen LogP contribution in [0.3, 0.4) is 0 Å². The smallest absolute Gasteiger partial charge is 0.251 e. The Morgan fingerprint density at radius 2 is 2.30 bits per heavy atom. The topological polar surface area (TPSA) is 60.5 Å². The fraction of sp³-hybridized carbons (Fsp3) is 0.286. The van der Waals surface area contributed by atoms with Gasteiger partial charge >= 0.3 is 0 Å². The molecule has 0 atom stereocenters. The second-order valence-electron chi connectivity index (χ2n) is 3.99. The van der Waals surface area contributed by atoms with Crippen LogP contribution in [0.5, 0.6) is 5.88 Å². The largest absolute Gasteiger partial charge is 0.475 e. The van der Waals surface area contributed by atoms with Crippen molar-refractivity contribution in [1.82, 2.24) is 10.3 Å². The van der Waals surface area contributed by atoms with Gasteiger partial charge in [0.15, 0.2) is 0 Å². The van der Waals surface area contributed by atoms with E-state index >= 15 is 0 Å². The molecule has 0 fully saturated rings. The molecule has 6 heteroatoms. The second kappa shape index (κ2) is 7.62. The molecule has 0 aromatic carbocycles. The number of amides is 1. The number of hydrogen-bond donors (Lipinski definition) is 1. The monoisotopic (exact) mass is 292 g/mol. The van der Waals surface area contributed by atoms with Gasteiger partial charge in [0, 0.05) is 29.8 Å². The highest BCUT2D eigenvalue weighted by atomic mass is 32.1. The maximum absolute atomic E-state index is 12.0. The van der Waals surface area contributed by atoms with Gasteiger partial charge in [-0.05, 0) is 17.5 Å². The Labute approximate surface area is 121 Å². The zero-order valence-electron chi connectivity index (χ0n) is 11.2. The molecule has 1 N–H and O–H groups in total. The molecule has 0 aliphatic heterocycles. The summed E-state index contributed by atoms with van der Waals surface area (Å²) in [5.41, 5.74) is 0.531. The highest BCUT2D eigenvalue weighted by Gasteiger charge is 2.07. The quantitative estimate of drug-likeness (QED) is 0.794. The molecule has 0 unspecified atom stereocenters. The molecular weight excluding hydrogens is 276 g/mol. The fourth-order valence-corrected chi connectivity index (χ4v) is 2.19. The van der Waals surface area contributed by atoms with Crippen molar-refractivity contribution in [2.45, 2.75) is 6.54 Å². The van der Waals surface area contributed by atoms with Crippen LogP contribution in [0, 0.1) is 0 Å². The number of thiophene rings is 1. The van der Waals surface area contributed by atoms with Gasteiger partial charge in [-0.25, -0.2) is 4.98 Å². The van der Waals surface area contributed by atoms with E-state index in [1.54, 1.807) is 36.8 Å². The highest BCUT2D eigenvalue weighted by molar-refractivity contribution is 7.09. The summed E-state index contributed by atoms with van der Waals surface area (Å²) in [5.74, 6) is 0.281. The van der Waals surface area contributed by atoms with Gasteiger partial charge in [0.25, 0.3) is 5.91 Å². The first kappa shape index (κ1) is 14.5. The summed E-state index contributed by atoms with van der Waals surface area (Å²) in [7, 11) is 1.60. The van der Waals surface area contributed by atoms with Crippen LogP contribution in [-0.2, 0) is 11.3 Å². The van der Waals surface area contributed by atoms with Crippen LogP contribution in [0.1, 0.15) is 15.2 Å². The van der Waals surface area contributed by atoms with Gasteiger partial charge in [-0.1, -0.05) is 6.07 Å². The number of nitrogens with one attached hydrogen (secondary N) is 1. The van der Waals surface area contributed by atoms with Crippen LogP contribution in [0.2, 0.25) is 0 Å².